The molecule has 2 atom stereocenters. The van der Waals surface area contributed by atoms with Crippen molar-refractivity contribution in [3.8, 4) is 0 Å². The smallest absolute Gasteiger partial charge is 0.244 e. The lowest BCUT2D eigenvalue weighted by atomic mass is 9.97. The Kier molecular flexibility index (Phi) is 1.24. The average molecular weight is 147 g/mol. The van der Waals surface area contributed by atoms with Gasteiger partial charge in [-0.2, -0.15) is 0 Å². The Labute approximate surface area is 58.8 Å². The Morgan fingerprint density at radius 3 is 2.80 bits per heavy atom. The van der Waals surface area contributed by atoms with Gasteiger partial charge in [0, 0.05) is 5.41 Å². The van der Waals surface area contributed by atoms with Crippen LogP contribution < -0.4 is 5.32 Å². The molecule has 0 aromatic rings. The normalized spacial score (nSPS) is 45.3. The van der Waals surface area contributed by atoms with Gasteiger partial charge in [-0.15, -0.1) is 0 Å². The molecule has 1 N–H and O–H groups in total. The summed E-state index contributed by atoms with van der Waals surface area (Å²) in [4.78, 5) is 0. The predicted octanol–water partition coefficient (Wildman–Crippen LogP) is 1.25. The summed E-state index contributed by atoms with van der Waals surface area (Å²) < 4.78 is 24.6. The minimum absolute atomic E-state index is 0.279. The van der Waals surface area contributed by atoms with Gasteiger partial charge in [-0.25, -0.2) is 8.78 Å². The van der Waals surface area contributed by atoms with Crippen molar-refractivity contribution in [2.75, 3.05) is 13.1 Å². The van der Waals surface area contributed by atoms with Gasteiger partial charge in [0.15, 0.2) is 0 Å². The maximum atomic E-state index is 12.3. The SMILES string of the molecule is FC(F)[C@]12CCNC[C@H]1C2. The highest BCUT2D eigenvalue weighted by molar-refractivity contribution is 5.07. The van der Waals surface area contributed by atoms with Gasteiger partial charge in [0.05, 0.1) is 0 Å². The third-order valence-corrected chi connectivity index (χ3v) is 2.87. The van der Waals surface area contributed by atoms with Crippen LogP contribution in [0, 0.1) is 11.3 Å². The van der Waals surface area contributed by atoms with Crippen LogP contribution in [0.3, 0.4) is 0 Å². The standard InChI is InChI=1S/C7H11F2N/c8-6(9)7-1-2-10-4-5(7)3-7/h5-6,10H,1-4H2/t5-,7+/m1/s1. The van der Waals surface area contributed by atoms with E-state index in [0.717, 1.165) is 19.5 Å². The number of nitrogens with one attached hydrogen (secondary N) is 1. The monoisotopic (exact) mass is 147 g/mol. The van der Waals surface area contributed by atoms with E-state index in [0.29, 0.717) is 6.42 Å². The zero-order chi connectivity index (χ0) is 7.19. The summed E-state index contributed by atoms with van der Waals surface area (Å²) in [5.41, 5.74) is -0.550. The Bertz CT molecular complexity index is 149. The van der Waals surface area contributed by atoms with Crippen molar-refractivity contribution in [3.05, 3.63) is 0 Å². The molecule has 1 saturated carbocycles. The Morgan fingerprint density at radius 2 is 2.30 bits per heavy atom. The van der Waals surface area contributed by atoms with Crippen molar-refractivity contribution >= 4 is 0 Å². The predicted molar refractivity (Wildman–Crippen MR) is 34.0 cm³/mol. The number of rotatable bonds is 1. The van der Waals surface area contributed by atoms with Crippen molar-refractivity contribution in [2.24, 2.45) is 11.3 Å². The van der Waals surface area contributed by atoms with Gasteiger partial charge in [-0.3, -0.25) is 0 Å². The third kappa shape index (κ3) is 0.698. The Morgan fingerprint density at radius 1 is 1.50 bits per heavy atom. The number of hydrogen-bond donors (Lipinski definition) is 1. The third-order valence-electron chi connectivity index (χ3n) is 2.87. The fourth-order valence-corrected chi connectivity index (χ4v) is 1.96. The molecule has 0 amide bonds. The molecule has 0 aromatic carbocycles. The zero-order valence-electron chi connectivity index (χ0n) is 5.74. The first kappa shape index (κ1) is 6.53. The van der Waals surface area contributed by atoms with E-state index in [-0.39, 0.29) is 5.92 Å². The van der Waals surface area contributed by atoms with Crippen LogP contribution >= 0.6 is 0 Å². The molecule has 1 aliphatic heterocycles. The van der Waals surface area contributed by atoms with Gasteiger partial charge < -0.3 is 5.32 Å². The fraction of sp³-hybridized carbons (Fsp3) is 1.00. The molecule has 0 bridgehead atoms. The van der Waals surface area contributed by atoms with Crippen molar-refractivity contribution in [2.45, 2.75) is 19.3 Å². The summed E-state index contributed by atoms with van der Waals surface area (Å²) in [5.74, 6) is 0.279. The topological polar surface area (TPSA) is 12.0 Å². The molecule has 1 heterocycles. The highest BCUT2D eigenvalue weighted by atomic mass is 19.3. The number of hydrogen-bond acceptors (Lipinski definition) is 1. The first-order valence-electron chi connectivity index (χ1n) is 3.74. The average Bonchev–Trinajstić information content (AvgIpc) is 2.61. The van der Waals surface area contributed by atoms with Gasteiger partial charge in [0.1, 0.15) is 0 Å². The highest BCUT2D eigenvalue weighted by Gasteiger charge is 2.60. The summed E-state index contributed by atoms with van der Waals surface area (Å²) in [6, 6.07) is 0. The van der Waals surface area contributed by atoms with Gasteiger partial charge in [0.2, 0.25) is 6.43 Å². The zero-order valence-corrected chi connectivity index (χ0v) is 5.74. The summed E-state index contributed by atoms with van der Waals surface area (Å²) in [6.45, 7) is 1.59. The van der Waals surface area contributed by atoms with Crippen molar-refractivity contribution in [3.63, 3.8) is 0 Å². The lowest BCUT2D eigenvalue weighted by Crippen LogP contribution is -2.32. The number of piperidine rings is 1. The van der Waals surface area contributed by atoms with E-state index in [1.165, 1.54) is 0 Å². The van der Waals surface area contributed by atoms with Crippen LogP contribution in [-0.4, -0.2) is 19.5 Å². The molecule has 2 fully saturated rings. The quantitative estimate of drug-likeness (QED) is 0.588. The molecule has 2 aliphatic rings. The second-order valence-electron chi connectivity index (χ2n) is 3.39. The molecule has 1 aliphatic carbocycles. The van der Waals surface area contributed by atoms with Crippen LogP contribution in [0.2, 0.25) is 0 Å². The van der Waals surface area contributed by atoms with E-state index in [4.69, 9.17) is 0 Å². The largest absolute Gasteiger partial charge is 0.316 e. The molecule has 0 spiro atoms. The van der Waals surface area contributed by atoms with E-state index in [2.05, 4.69) is 5.32 Å². The van der Waals surface area contributed by atoms with E-state index in [9.17, 15) is 8.78 Å². The highest BCUT2D eigenvalue weighted by Crippen LogP contribution is 2.59. The molecule has 0 unspecified atom stereocenters. The van der Waals surface area contributed by atoms with Crippen LogP contribution in [-0.2, 0) is 0 Å². The number of alkyl halides is 2. The summed E-state index contributed by atoms with van der Waals surface area (Å²) in [6.07, 6.45) is -0.660. The van der Waals surface area contributed by atoms with E-state index in [1.54, 1.807) is 0 Å². The molecule has 10 heavy (non-hydrogen) atoms. The summed E-state index contributed by atoms with van der Waals surface area (Å²) in [5, 5.41) is 3.12. The minimum Gasteiger partial charge on any atom is -0.316 e. The summed E-state index contributed by atoms with van der Waals surface area (Å²) >= 11 is 0. The maximum Gasteiger partial charge on any atom is 0.244 e. The molecule has 58 valence electrons. The Hall–Kier alpha value is -0.180. The van der Waals surface area contributed by atoms with Crippen LogP contribution in [0.4, 0.5) is 8.78 Å². The second kappa shape index (κ2) is 1.91. The summed E-state index contributed by atoms with van der Waals surface area (Å²) in [7, 11) is 0. The van der Waals surface area contributed by atoms with Gasteiger partial charge in [0.25, 0.3) is 0 Å². The molecule has 1 nitrogen and oxygen atoms in total. The van der Waals surface area contributed by atoms with Gasteiger partial charge >= 0.3 is 0 Å². The van der Waals surface area contributed by atoms with Crippen LogP contribution in [0.15, 0.2) is 0 Å². The molecule has 3 heteroatoms. The molecule has 0 aromatic heterocycles. The van der Waals surface area contributed by atoms with E-state index >= 15 is 0 Å². The van der Waals surface area contributed by atoms with Crippen molar-refractivity contribution in [1.82, 2.24) is 5.32 Å². The van der Waals surface area contributed by atoms with Crippen LogP contribution in [0.25, 0.3) is 0 Å². The number of fused-ring (bicyclic) bond motifs is 1. The van der Waals surface area contributed by atoms with E-state index in [1.807, 2.05) is 0 Å². The van der Waals surface area contributed by atoms with Crippen LogP contribution in [0.5, 0.6) is 0 Å². The molecule has 2 rings (SSSR count). The lowest BCUT2D eigenvalue weighted by Gasteiger charge is -2.21. The first-order valence-corrected chi connectivity index (χ1v) is 3.74. The Balaban J connectivity index is 2.05. The molecular formula is C7H11F2N. The van der Waals surface area contributed by atoms with Crippen LogP contribution in [0.1, 0.15) is 12.8 Å². The lowest BCUT2D eigenvalue weighted by molar-refractivity contribution is 0.0397. The van der Waals surface area contributed by atoms with Gasteiger partial charge in [-0.05, 0) is 31.8 Å². The second-order valence-corrected chi connectivity index (χ2v) is 3.39. The molecular weight excluding hydrogens is 136 g/mol. The minimum atomic E-state index is -2.08. The molecule has 0 radical (unpaired) electrons. The number of halogens is 2. The van der Waals surface area contributed by atoms with E-state index < -0.39 is 11.8 Å². The maximum absolute atomic E-state index is 12.3. The molecule has 1 saturated heterocycles. The fourth-order valence-electron chi connectivity index (χ4n) is 1.96. The van der Waals surface area contributed by atoms with Gasteiger partial charge in [-0.1, -0.05) is 0 Å². The first-order chi connectivity index (χ1) is 4.76. The van der Waals surface area contributed by atoms with Crippen molar-refractivity contribution < 1.29 is 8.78 Å². The van der Waals surface area contributed by atoms with Crippen molar-refractivity contribution in [1.29, 1.82) is 0 Å².